The van der Waals surface area contributed by atoms with Crippen LogP contribution in [0.15, 0.2) is 28.0 Å². The molecule has 0 N–H and O–H groups in total. The number of thioether (sulfide) groups is 1. The zero-order valence-corrected chi connectivity index (χ0v) is 16.7. The number of benzene rings is 1. The van der Waals surface area contributed by atoms with Gasteiger partial charge in [-0.2, -0.15) is 21.6 Å². The van der Waals surface area contributed by atoms with Crippen molar-refractivity contribution in [2.24, 2.45) is 0 Å². The Morgan fingerprint density at radius 1 is 1.28 bits per heavy atom. The first-order valence-corrected chi connectivity index (χ1v) is 11.5. The van der Waals surface area contributed by atoms with Gasteiger partial charge in [0.2, 0.25) is 7.37 Å². The van der Waals surface area contributed by atoms with E-state index in [1.807, 2.05) is 0 Å². The molecule has 0 amide bonds. The molecule has 1 aromatic rings. The molecule has 1 rings (SSSR count). The Hall–Kier alpha value is -0.540. The molecule has 11 heteroatoms. The number of hydrogen-bond donors (Lipinski definition) is 0. The van der Waals surface area contributed by atoms with Gasteiger partial charge in [-0.05, 0) is 44.2 Å². The summed E-state index contributed by atoms with van der Waals surface area (Å²) >= 11 is -0.541. The predicted molar refractivity (Wildman–Crippen MR) is 90.6 cm³/mol. The van der Waals surface area contributed by atoms with Crippen molar-refractivity contribution >= 4 is 29.2 Å². The third-order valence-electron chi connectivity index (χ3n) is 2.94. The highest BCUT2D eigenvalue weighted by molar-refractivity contribution is 8.00. The zero-order chi connectivity index (χ0) is 19.5. The third-order valence-corrected chi connectivity index (χ3v) is 7.80. The monoisotopic (exact) mass is 420 g/mol. The van der Waals surface area contributed by atoms with Crippen LogP contribution < -0.4 is 0 Å². The Morgan fingerprint density at radius 2 is 1.88 bits per heavy atom. The molecule has 0 bridgehead atoms. The Labute approximate surface area is 149 Å². The first-order valence-electron chi connectivity index (χ1n) is 7.31. The minimum Gasteiger partial charge on any atom is -0.324 e. The standard InChI is InChI=1S/C14H20F3O5PS2/c1-5-23(18,22-10(2)3)9-21-25(19,20)13-11(4)7-6-8-12(13)24-14(15,16)17/h6-8,10H,5,9H2,1-4H3. The predicted octanol–water partition coefficient (Wildman–Crippen LogP) is 4.99. The van der Waals surface area contributed by atoms with Crippen LogP contribution in [0.5, 0.6) is 0 Å². The minimum absolute atomic E-state index is 0.0403. The molecular weight excluding hydrogens is 400 g/mol. The van der Waals surface area contributed by atoms with Crippen LogP contribution in [0.4, 0.5) is 13.2 Å². The van der Waals surface area contributed by atoms with E-state index in [2.05, 4.69) is 0 Å². The van der Waals surface area contributed by atoms with Gasteiger partial charge in [-0.3, -0.25) is 8.75 Å². The van der Waals surface area contributed by atoms with Gasteiger partial charge in [0.1, 0.15) is 11.2 Å². The van der Waals surface area contributed by atoms with Crippen molar-refractivity contribution in [1.29, 1.82) is 0 Å². The Kier molecular flexibility index (Phi) is 7.59. The second kappa shape index (κ2) is 8.43. The number of alkyl halides is 3. The van der Waals surface area contributed by atoms with E-state index < -0.39 is 57.0 Å². The van der Waals surface area contributed by atoms with E-state index in [0.717, 1.165) is 6.07 Å². The fourth-order valence-electron chi connectivity index (χ4n) is 1.94. The summed E-state index contributed by atoms with van der Waals surface area (Å²) < 4.78 is 85.4. The first kappa shape index (κ1) is 22.5. The molecule has 0 aromatic heterocycles. The summed E-state index contributed by atoms with van der Waals surface area (Å²) in [5, 5.41) is 0. The van der Waals surface area contributed by atoms with E-state index in [0.29, 0.717) is 0 Å². The lowest BCUT2D eigenvalue weighted by Gasteiger charge is -2.20. The van der Waals surface area contributed by atoms with Crippen molar-refractivity contribution in [2.45, 2.75) is 49.1 Å². The van der Waals surface area contributed by atoms with Crippen molar-refractivity contribution in [3.63, 3.8) is 0 Å². The number of aryl methyl sites for hydroxylation is 1. The van der Waals surface area contributed by atoms with Crippen LogP contribution >= 0.6 is 19.1 Å². The molecule has 0 aliphatic heterocycles. The van der Waals surface area contributed by atoms with Gasteiger partial charge < -0.3 is 4.52 Å². The Balaban J connectivity index is 3.16. The van der Waals surface area contributed by atoms with Crippen molar-refractivity contribution in [3.8, 4) is 0 Å². The van der Waals surface area contributed by atoms with Crippen molar-refractivity contribution in [1.82, 2.24) is 0 Å². The van der Waals surface area contributed by atoms with Crippen molar-refractivity contribution < 1.29 is 34.9 Å². The number of halogens is 3. The van der Waals surface area contributed by atoms with Crippen LogP contribution in [0.25, 0.3) is 0 Å². The molecule has 1 unspecified atom stereocenters. The SMILES string of the molecule is CCP(=O)(COS(=O)(=O)c1c(C)cccc1SC(F)(F)F)OC(C)C. The van der Waals surface area contributed by atoms with E-state index in [-0.39, 0.29) is 11.7 Å². The summed E-state index contributed by atoms with van der Waals surface area (Å²) in [6.07, 6.45) is -1.10. The maximum absolute atomic E-state index is 12.7. The quantitative estimate of drug-likeness (QED) is 0.335. The van der Waals surface area contributed by atoms with E-state index in [1.165, 1.54) is 19.1 Å². The molecule has 0 aliphatic carbocycles. The van der Waals surface area contributed by atoms with Crippen LogP contribution in [0.3, 0.4) is 0 Å². The van der Waals surface area contributed by atoms with Crippen molar-refractivity contribution in [2.75, 3.05) is 12.5 Å². The van der Waals surface area contributed by atoms with Crippen LogP contribution in [0, 0.1) is 6.92 Å². The van der Waals surface area contributed by atoms with Crippen LogP contribution in [0.1, 0.15) is 26.3 Å². The van der Waals surface area contributed by atoms with E-state index in [9.17, 15) is 26.2 Å². The number of rotatable bonds is 8. The molecule has 25 heavy (non-hydrogen) atoms. The highest BCUT2D eigenvalue weighted by atomic mass is 32.2. The van der Waals surface area contributed by atoms with E-state index in [1.54, 1.807) is 20.8 Å². The second-order valence-electron chi connectivity index (χ2n) is 5.44. The van der Waals surface area contributed by atoms with Gasteiger partial charge in [0.25, 0.3) is 10.1 Å². The molecule has 1 aromatic carbocycles. The lowest BCUT2D eigenvalue weighted by atomic mass is 10.2. The van der Waals surface area contributed by atoms with Crippen LogP contribution in [0.2, 0.25) is 0 Å². The van der Waals surface area contributed by atoms with Crippen LogP contribution in [-0.4, -0.2) is 32.5 Å². The summed E-state index contributed by atoms with van der Waals surface area (Å²) in [7, 11) is -7.92. The maximum atomic E-state index is 12.7. The summed E-state index contributed by atoms with van der Waals surface area (Å²) in [6.45, 7) is 6.19. The summed E-state index contributed by atoms with van der Waals surface area (Å²) in [5.74, 6) is 0. The van der Waals surface area contributed by atoms with E-state index in [4.69, 9.17) is 8.71 Å². The molecule has 0 radical (unpaired) electrons. The summed E-state index contributed by atoms with van der Waals surface area (Å²) in [5.41, 5.74) is -4.55. The molecular formula is C14H20F3O5PS2. The highest BCUT2D eigenvalue weighted by Gasteiger charge is 2.35. The fraction of sp³-hybridized carbons (Fsp3) is 0.571. The lowest BCUT2D eigenvalue weighted by molar-refractivity contribution is -0.0329. The van der Waals surface area contributed by atoms with Crippen LogP contribution in [-0.2, 0) is 23.4 Å². The third kappa shape index (κ3) is 6.94. The average molecular weight is 420 g/mol. The molecule has 0 fully saturated rings. The summed E-state index contributed by atoms with van der Waals surface area (Å²) in [4.78, 5) is -1.08. The lowest BCUT2D eigenvalue weighted by Crippen LogP contribution is -2.14. The molecule has 144 valence electrons. The van der Waals surface area contributed by atoms with Gasteiger partial charge in [-0.1, -0.05) is 19.1 Å². The highest BCUT2D eigenvalue weighted by Crippen LogP contribution is 2.49. The van der Waals surface area contributed by atoms with Gasteiger partial charge in [0, 0.05) is 11.1 Å². The number of hydrogen-bond acceptors (Lipinski definition) is 6. The van der Waals surface area contributed by atoms with Gasteiger partial charge in [0.15, 0.2) is 0 Å². The topological polar surface area (TPSA) is 69.7 Å². The van der Waals surface area contributed by atoms with Gasteiger partial charge in [-0.25, -0.2) is 0 Å². The van der Waals surface area contributed by atoms with Gasteiger partial charge in [-0.15, -0.1) is 0 Å². The Morgan fingerprint density at radius 3 is 2.36 bits per heavy atom. The largest absolute Gasteiger partial charge is 0.446 e. The fourth-order valence-corrected chi connectivity index (χ4v) is 6.27. The average Bonchev–Trinajstić information content (AvgIpc) is 2.42. The van der Waals surface area contributed by atoms with Gasteiger partial charge in [0.05, 0.1) is 6.10 Å². The molecule has 0 saturated heterocycles. The molecule has 5 nitrogen and oxygen atoms in total. The van der Waals surface area contributed by atoms with E-state index >= 15 is 0 Å². The zero-order valence-electron chi connectivity index (χ0n) is 14.2. The Bertz CT molecular complexity index is 747. The van der Waals surface area contributed by atoms with Gasteiger partial charge >= 0.3 is 5.51 Å². The molecule has 1 atom stereocenters. The first-order chi connectivity index (χ1) is 11.3. The van der Waals surface area contributed by atoms with Crippen molar-refractivity contribution in [3.05, 3.63) is 23.8 Å². The minimum atomic E-state index is -4.66. The summed E-state index contributed by atoms with van der Waals surface area (Å²) in [6, 6.07) is 3.73. The second-order valence-corrected chi connectivity index (χ2v) is 10.8. The normalized spacial score (nSPS) is 15.4. The molecule has 0 saturated carbocycles. The molecule has 0 aliphatic rings. The molecule has 0 heterocycles. The maximum Gasteiger partial charge on any atom is 0.446 e. The smallest absolute Gasteiger partial charge is 0.324 e. The molecule has 0 spiro atoms.